The molecule has 0 aliphatic carbocycles. The standard InChI is InChI=1S/C20H21N5O/c1-3-15-8-6-7-14(2)19(15)25-18-11-17(23-13-24-18)20(26)22-12-16-9-4-5-10-21-16/h4-11,13H,3,12H2,1-2H3,(H,22,26)(H,23,24,25). The van der Waals surface area contributed by atoms with Crippen molar-refractivity contribution < 1.29 is 4.79 Å². The van der Waals surface area contributed by atoms with E-state index in [9.17, 15) is 4.79 Å². The summed E-state index contributed by atoms with van der Waals surface area (Å²) in [6.07, 6.45) is 4.00. The van der Waals surface area contributed by atoms with Gasteiger partial charge in [-0.2, -0.15) is 0 Å². The number of hydrogen-bond donors (Lipinski definition) is 2. The molecule has 0 aliphatic heterocycles. The highest BCUT2D eigenvalue weighted by atomic mass is 16.1. The molecular weight excluding hydrogens is 326 g/mol. The molecule has 3 aromatic rings. The third-order valence-electron chi connectivity index (χ3n) is 4.05. The van der Waals surface area contributed by atoms with Gasteiger partial charge >= 0.3 is 0 Å². The second-order valence-electron chi connectivity index (χ2n) is 5.88. The van der Waals surface area contributed by atoms with Crippen LogP contribution in [0.25, 0.3) is 0 Å². The van der Waals surface area contributed by atoms with E-state index in [1.165, 1.54) is 11.9 Å². The van der Waals surface area contributed by atoms with Crippen LogP contribution in [-0.2, 0) is 13.0 Å². The van der Waals surface area contributed by atoms with Crippen molar-refractivity contribution in [3.8, 4) is 0 Å². The topological polar surface area (TPSA) is 79.8 Å². The lowest BCUT2D eigenvalue weighted by molar-refractivity contribution is 0.0945. The maximum atomic E-state index is 12.4. The van der Waals surface area contributed by atoms with Crippen LogP contribution >= 0.6 is 0 Å². The number of hydrogen-bond acceptors (Lipinski definition) is 5. The Balaban J connectivity index is 1.73. The van der Waals surface area contributed by atoms with Crippen LogP contribution < -0.4 is 10.6 Å². The fourth-order valence-corrected chi connectivity index (χ4v) is 2.64. The third-order valence-corrected chi connectivity index (χ3v) is 4.05. The molecule has 0 radical (unpaired) electrons. The zero-order valence-corrected chi connectivity index (χ0v) is 14.9. The van der Waals surface area contributed by atoms with Crippen molar-refractivity contribution in [3.63, 3.8) is 0 Å². The van der Waals surface area contributed by atoms with Crippen LogP contribution in [0.4, 0.5) is 11.5 Å². The lowest BCUT2D eigenvalue weighted by atomic mass is 10.1. The van der Waals surface area contributed by atoms with Crippen molar-refractivity contribution in [1.82, 2.24) is 20.3 Å². The molecule has 0 saturated heterocycles. The van der Waals surface area contributed by atoms with E-state index in [1.54, 1.807) is 12.3 Å². The minimum absolute atomic E-state index is 0.262. The number of carbonyl (C=O) groups is 1. The van der Waals surface area contributed by atoms with Gasteiger partial charge in [-0.15, -0.1) is 0 Å². The number of benzene rings is 1. The SMILES string of the molecule is CCc1cccc(C)c1Nc1cc(C(=O)NCc2ccccn2)ncn1. The van der Waals surface area contributed by atoms with E-state index in [0.717, 1.165) is 23.4 Å². The quantitative estimate of drug-likeness (QED) is 0.714. The van der Waals surface area contributed by atoms with E-state index < -0.39 is 0 Å². The largest absolute Gasteiger partial charge is 0.345 e. The molecule has 0 bridgehead atoms. The molecule has 1 aromatic carbocycles. The highest BCUT2D eigenvalue weighted by molar-refractivity contribution is 5.92. The number of pyridine rings is 1. The van der Waals surface area contributed by atoms with Crippen molar-refractivity contribution >= 4 is 17.4 Å². The van der Waals surface area contributed by atoms with Gasteiger partial charge in [0.2, 0.25) is 0 Å². The van der Waals surface area contributed by atoms with Crippen LogP contribution in [0.3, 0.4) is 0 Å². The number of nitrogens with one attached hydrogen (secondary N) is 2. The number of amides is 1. The molecule has 0 unspecified atom stereocenters. The van der Waals surface area contributed by atoms with E-state index >= 15 is 0 Å². The molecule has 0 spiro atoms. The lowest BCUT2D eigenvalue weighted by Crippen LogP contribution is -2.24. The molecule has 6 heteroatoms. The number of rotatable bonds is 6. The Morgan fingerprint density at radius 1 is 1.08 bits per heavy atom. The van der Waals surface area contributed by atoms with Crippen LogP contribution in [-0.4, -0.2) is 20.9 Å². The molecule has 1 amide bonds. The van der Waals surface area contributed by atoms with Crippen molar-refractivity contribution in [2.45, 2.75) is 26.8 Å². The average Bonchev–Trinajstić information content (AvgIpc) is 2.68. The Bertz CT molecular complexity index is 896. The second kappa shape index (κ2) is 8.20. The van der Waals surface area contributed by atoms with Crippen molar-refractivity contribution in [2.24, 2.45) is 0 Å². The fraction of sp³-hybridized carbons (Fsp3) is 0.200. The highest BCUT2D eigenvalue weighted by Gasteiger charge is 2.11. The summed E-state index contributed by atoms with van der Waals surface area (Å²) < 4.78 is 0. The van der Waals surface area contributed by atoms with E-state index in [2.05, 4.69) is 38.6 Å². The van der Waals surface area contributed by atoms with Gasteiger partial charge in [0.1, 0.15) is 17.8 Å². The number of nitrogens with zero attached hydrogens (tertiary/aromatic N) is 3. The summed E-state index contributed by atoms with van der Waals surface area (Å²) >= 11 is 0. The molecule has 3 rings (SSSR count). The van der Waals surface area contributed by atoms with Gasteiger partial charge in [-0.1, -0.05) is 31.2 Å². The minimum Gasteiger partial charge on any atom is -0.345 e. The maximum absolute atomic E-state index is 12.4. The molecular formula is C20H21N5O. The van der Waals surface area contributed by atoms with Gasteiger partial charge in [0.25, 0.3) is 5.91 Å². The minimum atomic E-state index is -0.262. The number of carbonyl (C=O) groups excluding carboxylic acids is 1. The number of anilines is 2. The predicted molar refractivity (Wildman–Crippen MR) is 101 cm³/mol. The van der Waals surface area contributed by atoms with Gasteiger partial charge in [-0.25, -0.2) is 9.97 Å². The third kappa shape index (κ3) is 4.22. The monoisotopic (exact) mass is 347 g/mol. The van der Waals surface area contributed by atoms with Gasteiger partial charge in [0.05, 0.1) is 12.2 Å². The summed E-state index contributed by atoms with van der Waals surface area (Å²) in [5.41, 5.74) is 4.45. The van der Waals surface area contributed by atoms with Gasteiger partial charge in [-0.05, 0) is 36.6 Å². The number of aromatic nitrogens is 3. The summed E-state index contributed by atoms with van der Waals surface area (Å²) in [7, 11) is 0. The Morgan fingerprint density at radius 2 is 1.96 bits per heavy atom. The van der Waals surface area contributed by atoms with Crippen LogP contribution in [0, 0.1) is 6.92 Å². The average molecular weight is 347 g/mol. The Kier molecular flexibility index (Phi) is 5.53. The van der Waals surface area contributed by atoms with Crippen LogP contribution in [0.2, 0.25) is 0 Å². The summed E-state index contributed by atoms with van der Waals surface area (Å²) in [5.74, 6) is 0.327. The number of para-hydroxylation sites is 1. The highest BCUT2D eigenvalue weighted by Crippen LogP contribution is 2.24. The van der Waals surface area contributed by atoms with Crippen LogP contribution in [0.1, 0.15) is 34.2 Å². The molecule has 0 saturated carbocycles. The number of aryl methyl sites for hydroxylation is 2. The van der Waals surface area contributed by atoms with E-state index in [-0.39, 0.29) is 5.91 Å². The first-order valence-corrected chi connectivity index (χ1v) is 8.53. The first kappa shape index (κ1) is 17.5. The van der Waals surface area contributed by atoms with Gasteiger partial charge in [0, 0.05) is 18.0 Å². The van der Waals surface area contributed by atoms with E-state index in [4.69, 9.17) is 0 Å². The first-order valence-electron chi connectivity index (χ1n) is 8.53. The van der Waals surface area contributed by atoms with Crippen molar-refractivity contribution in [3.05, 3.63) is 77.5 Å². The lowest BCUT2D eigenvalue weighted by Gasteiger charge is -2.13. The summed E-state index contributed by atoms with van der Waals surface area (Å²) in [4.78, 5) is 24.9. The molecule has 0 fully saturated rings. The Labute approximate surface area is 152 Å². The molecule has 2 aromatic heterocycles. The Morgan fingerprint density at radius 3 is 2.73 bits per heavy atom. The molecule has 6 nitrogen and oxygen atoms in total. The molecule has 26 heavy (non-hydrogen) atoms. The summed E-state index contributed by atoms with van der Waals surface area (Å²) in [6, 6.07) is 13.4. The van der Waals surface area contributed by atoms with Crippen LogP contribution in [0.15, 0.2) is 55.0 Å². The zero-order valence-electron chi connectivity index (χ0n) is 14.9. The maximum Gasteiger partial charge on any atom is 0.270 e. The predicted octanol–water partition coefficient (Wildman–Crippen LogP) is 3.42. The van der Waals surface area contributed by atoms with Gasteiger partial charge in [0.15, 0.2) is 0 Å². The molecule has 0 atom stereocenters. The summed E-state index contributed by atoms with van der Waals surface area (Å²) in [6.45, 7) is 4.50. The van der Waals surface area contributed by atoms with Gasteiger partial charge < -0.3 is 10.6 Å². The Hall–Kier alpha value is -3.28. The fourth-order valence-electron chi connectivity index (χ4n) is 2.64. The smallest absolute Gasteiger partial charge is 0.270 e. The molecule has 2 N–H and O–H groups in total. The van der Waals surface area contributed by atoms with Crippen molar-refractivity contribution in [2.75, 3.05) is 5.32 Å². The normalized spacial score (nSPS) is 10.4. The van der Waals surface area contributed by atoms with Gasteiger partial charge in [-0.3, -0.25) is 9.78 Å². The van der Waals surface area contributed by atoms with Crippen LogP contribution in [0.5, 0.6) is 0 Å². The molecule has 132 valence electrons. The van der Waals surface area contributed by atoms with E-state index in [1.807, 2.05) is 37.3 Å². The van der Waals surface area contributed by atoms with Crippen molar-refractivity contribution in [1.29, 1.82) is 0 Å². The first-order chi connectivity index (χ1) is 12.7. The van der Waals surface area contributed by atoms with E-state index in [0.29, 0.717) is 18.1 Å². The molecule has 0 aliphatic rings. The summed E-state index contributed by atoms with van der Waals surface area (Å²) in [5, 5.41) is 6.14. The molecule has 2 heterocycles. The zero-order chi connectivity index (χ0) is 18.4. The second-order valence-corrected chi connectivity index (χ2v) is 5.88.